The van der Waals surface area contributed by atoms with Crippen molar-refractivity contribution in [3.8, 4) is 22.4 Å². The molecule has 9 heteroatoms. The first-order chi connectivity index (χ1) is 17.4. The van der Waals surface area contributed by atoms with E-state index in [9.17, 15) is 14.7 Å². The second-order valence-corrected chi connectivity index (χ2v) is 9.61. The Balaban J connectivity index is 1.45. The van der Waals surface area contributed by atoms with Crippen molar-refractivity contribution < 1.29 is 9.90 Å². The van der Waals surface area contributed by atoms with E-state index in [1.54, 1.807) is 28.7 Å². The van der Waals surface area contributed by atoms with Crippen LogP contribution < -0.4 is 5.69 Å². The fraction of sp³-hybridized carbons (Fsp3) is 0.296. The standard InChI is InChI=1S/C27H26N6O3/c1-31-15-19(13-30-31)22-9-6-18(12-28-22)17-5-10-23-21(11-17)25-24(14-29-23)32(2)27(36)33(25)20-7-3-16(4-8-20)26(34)35/h5-6,9-16,20H,3-4,7-8H2,1-2H3,(H,34,35). The number of nitrogens with zero attached hydrogens (tertiary/aromatic N) is 6. The smallest absolute Gasteiger partial charge is 0.329 e. The maximum Gasteiger partial charge on any atom is 0.329 e. The number of pyridine rings is 2. The lowest BCUT2D eigenvalue weighted by Gasteiger charge is -2.27. The molecule has 1 aliphatic carbocycles. The summed E-state index contributed by atoms with van der Waals surface area (Å²) < 4.78 is 5.26. The van der Waals surface area contributed by atoms with Gasteiger partial charge in [0.1, 0.15) is 0 Å². The molecular formula is C27H26N6O3. The summed E-state index contributed by atoms with van der Waals surface area (Å²) in [7, 11) is 3.64. The van der Waals surface area contributed by atoms with Gasteiger partial charge in [0, 0.05) is 49.0 Å². The fourth-order valence-electron chi connectivity index (χ4n) is 5.42. The lowest BCUT2D eigenvalue weighted by atomic mass is 9.86. The van der Waals surface area contributed by atoms with Crippen molar-refractivity contribution in [2.75, 3.05) is 0 Å². The molecule has 1 aliphatic rings. The van der Waals surface area contributed by atoms with Crippen LogP contribution in [0, 0.1) is 5.92 Å². The Morgan fingerprint density at radius 2 is 1.72 bits per heavy atom. The number of carbonyl (C=O) groups is 1. The number of rotatable bonds is 4. The lowest BCUT2D eigenvalue weighted by molar-refractivity contribution is -0.143. The van der Waals surface area contributed by atoms with Crippen molar-refractivity contribution in [2.45, 2.75) is 31.7 Å². The largest absolute Gasteiger partial charge is 0.481 e. The molecule has 1 aromatic carbocycles. The van der Waals surface area contributed by atoms with E-state index in [0.717, 1.165) is 44.3 Å². The Morgan fingerprint density at radius 3 is 2.39 bits per heavy atom. The zero-order chi connectivity index (χ0) is 25.0. The van der Waals surface area contributed by atoms with Gasteiger partial charge in [-0.25, -0.2) is 4.79 Å². The predicted octanol–water partition coefficient (Wildman–Crippen LogP) is 4.17. The molecule has 1 N–H and O–H groups in total. The molecule has 0 aliphatic heterocycles. The molecule has 0 atom stereocenters. The van der Waals surface area contributed by atoms with E-state index in [1.807, 2.05) is 48.3 Å². The molecule has 0 amide bonds. The summed E-state index contributed by atoms with van der Waals surface area (Å²) in [5, 5.41) is 14.5. The second kappa shape index (κ2) is 8.44. The van der Waals surface area contributed by atoms with Gasteiger partial charge < -0.3 is 5.11 Å². The number of aromatic nitrogens is 6. The van der Waals surface area contributed by atoms with E-state index in [2.05, 4.69) is 21.1 Å². The third kappa shape index (κ3) is 3.59. The van der Waals surface area contributed by atoms with Gasteiger partial charge in [-0.1, -0.05) is 12.1 Å². The van der Waals surface area contributed by atoms with E-state index >= 15 is 0 Å². The van der Waals surface area contributed by atoms with Crippen LogP contribution in [0.25, 0.3) is 44.3 Å². The minimum Gasteiger partial charge on any atom is -0.481 e. The van der Waals surface area contributed by atoms with Crippen LogP contribution in [-0.2, 0) is 18.9 Å². The summed E-state index contributed by atoms with van der Waals surface area (Å²) in [5.41, 5.74) is 6.11. The Bertz CT molecular complexity index is 1670. The van der Waals surface area contributed by atoms with Crippen molar-refractivity contribution in [1.29, 1.82) is 0 Å². The summed E-state index contributed by atoms with van der Waals surface area (Å²) in [6.45, 7) is 0. The van der Waals surface area contributed by atoms with Gasteiger partial charge in [0.05, 0.1) is 40.6 Å². The number of imidazole rings is 1. The monoisotopic (exact) mass is 482 g/mol. The van der Waals surface area contributed by atoms with Gasteiger partial charge >= 0.3 is 11.7 Å². The molecule has 0 unspecified atom stereocenters. The van der Waals surface area contributed by atoms with Crippen molar-refractivity contribution in [3.63, 3.8) is 0 Å². The molecule has 4 heterocycles. The Kier molecular flexibility index (Phi) is 5.21. The minimum atomic E-state index is -0.749. The summed E-state index contributed by atoms with van der Waals surface area (Å²) in [5.74, 6) is -1.08. The van der Waals surface area contributed by atoms with Crippen LogP contribution in [0.5, 0.6) is 0 Å². The van der Waals surface area contributed by atoms with E-state index < -0.39 is 5.97 Å². The number of aryl methyl sites for hydroxylation is 2. The molecule has 6 rings (SSSR count). The molecule has 0 bridgehead atoms. The van der Waals surface area contributed by atoms with E-state index in [-0.39, 0.29) is 17.6 Å². The predicted molar refractivity (Wildman–Crippen MR) is 137 cm³/mol. The van der Waals surface area contributed by atoms with Crippen LogP contribution in [0.3, 0.4) is 0 Å². The van der Waals surface area contributed by atoms with Crippen molar-refractivity contribution in [1.82, 2.24) is 28.9 Å². The molecule has 1 saturated carbocycles. The van der Waals surface area contributed by atoms with Crippen LogP contribution in [0.4, 0.5) is 0 Å². The van der Waals surface area contributed by atoms with Gasteiger partial charge in [-0.05, 0) is 49.4 Å². The van der Waals surface area contributed by atoms with Crippen LogP contribution in [0.15, 0.2) is 59.9 Å². The number of carboxylic acid groups (broad SMARTS) is 1. The summed E-state index contributed by atoms with van der Waals surface area (Å²) in [6.07, 6.45) is 9.80. The highest BCUT2D eigenvalue weighted by Gasteiger charge is 2.29. The number of hydrogen-bond donors (Lipinski definition) is 1. The Morgan fingerprint density at radius 1 is 0.944 bits per heavy atom. The third-order valence-corrected chi connectivity index (χ3v) is 7.42. The topological polar surface area (TPSA) is 108 Å². The number of hydrogen-bond acceptors (Lipinski definition) is 5. The molecule has 0 spiro atoms. The first-order valence-corrected chi connectivity index (χ1v) is 12.1. The van der Waals surface area contributed by atoms with Gasteiger partial charge in [0.25, 0.3) is 0 Å². The van der Waals surface area contributed by atoms with Crippen LogP contribution >= 0.6 is 0 Å². The molecule has 1 fully saturated rings. The number of benzene rings is 1. The van der Waals surface area contributed by atoms with Crippen LogP contribution in [0.1, 0.15) is 31.7 Å². The highest BCUT2D eigenvalue weighted by atomic mass is 16.4. The second-order valence-electron chi connectivity index (χ2n) is 9.61. The maximum absolute atomic E-state index is 13.3. The molecule has 0 radical (unpaired) electrons. The van der Waals surface area contributed by atoms with E-state index in [1.165, 1.54) is 0 Å². The van der Waals surface area contributed by atoms with Gasteiger partial charge in [0.15, 0.2) is 0 Å². The number of fused-ring (bicyclic) bond motifs is 3. The average molecular weight is 483 g/mol. The van der Waals surface area contributed by atoms with E-state index in [4.69, 9.17) is 0 Å². The molecule has 4 aromatic heterocycles. The molecule has 9 nitrogen and oxygen atoms in total. The first kappa shape index (κ1) is 22.2. The number of aliphatic carboxylic acids is 1. The average Bonchev–Trinajstić information content (AvgIpc) is 3.45. The highest BCUT2D eigenvalue weighted by Crippen LogP contribution is 2.36. The van der Waals surface area contributed by atoms with Crippen molar-refractivity contribution in [3.05, 3.63) is 65.6 Å². The normalized spacial score (nSPS) is 18.2. The SMILES string of the molecule is Cn1cc(-c2ccc(-c3ccc4ncc5c(c4c3)n(C3CCC(C(=O)O)CC3)c(=O)n5C)cn2)cn1. The number of carboxylic acids is 1. The zero-order valence-electron chi connectivity index (χ0n) is 20.1. The molecular weight excluding hydrogens is 456 g/mol. The molecule has 182 valence electrons. The quantitative estimate of drug-likeness (QED) is 0.412. The van der Waals surface area contributed by atoms with Gasteiger partial charge in [-0.3, -0.25) is 28.6 Å². The molecule has 0 saturated heterocycles. The van der Waals surface area contributed by atoms with E-state index in [0.29, 0.717) is 25.7 Å². The van der Waals surface area contributed by atoms with Gasteiger partial charge in [-0.2, -0.15) is 5.10 Å². The lowest BCUT2D eigenvalue weighted by Crippen LogP contribution is -2.30. The van der Waals surface area contributed by atoms with Crippen LogP contribution in [0.2, 0.25) is 0 Å². The summed E-state index contributed by atoms with van der Waals surface area (Å²) in [4.78, 5) is 34.0. The molecule has 5 aromatic rings. The highest BCUT2D eigenvalue weighted by molar-refractivity contribution is 6.04. The summed E-state index contributed by atoms with van der Waals surface area (Å²) >= 11 is 0. The third-order valence-electron chi connectivity index (χ3n) is 7.42. The first-order valence-electron chi connectivity index (χ1n) is 12.1. The van der Waals surface area contributed by atoms with Gasteiger partial charge in [-0.15, -0.1) is 0 Å². The van der Waals surface area contributed by atoms with Gasteiger partial charge in [0.2, 0.25) is 0 Å². The van der Waals surface area contributed by atoms with Crippen molar-refractivity contribution in [2.24, 2.45) is 20.0 Å². The summed E-state index contributed by atoms with van der Waals surface area (Å²) in [6, 6.07) is 10.0. The maximum atomic E-state index is 13.3. The zero-order valence-corrected chi connectivity index (χ0v) is 20.1. The van der Waals surface area contributed by atoms with Crippen LogP contribution in [-0.4, -0.2) is 40.0 Å². The molecule has 36 heavy (non-hydrogen) atoms. The Hall–Kier alpha value is -4.27. The Labute approximate surface area is 206 Å². The fourth-order valence-corrected chi connectivity index (χ4v) is 5.42. The minimum absolute atomic E-state index is 0.0357. The van der Waals surface area contributed by atoms with Crippen molar-refractivity contribution >= 4 is 27.9 Å².